The number of ether oxygens (including phenoxy) is 1. The number of anilines is 1. The highest BCUT2D eigenvalue weighted by molar-refractivity contribution is 9.10. The molecule has 0 bridgehead atoms. The van der Waals surface area contributed by atoms with Crippen LogP contribution in [0, 0.1) is 0 Å². The summed E-state index contributed by atoms with van der Waals surface area (Å²) < 4.78 is 6.01. The van der Waals surface area contributed by atoms with Gasteiger partial charge in [0.2, 0.25) is 0 Å². The predicted molar refractivity (Wildman–Crippen MR) is 88.8 cm³/mol. The second-order valence-electron chi connectivity index (χ2n) is 6.56. The monoisotopic (exact) mass is 370 g/mol. The third-order valence-electron chi connectivity index (χ3n) is 3.42. The van der Waals surface area contributed by atoms with Gasteiger partial charge in [-0.05, 0) is 62.4 Å². The van der Waals surface area contributed by atoms with Crippen molar-refractivity contribution in [1.82, 2.24) is 15.3 Å². The van der Waals surface area contributed by atoms with E-state index in [4.69, 9.17) is 4.74 Å². The molecule has 1 saturated carbocycles. The molecule has 0 atom stereocenters. The number of nitrogens with one attached hydrogen (secondary N) is 2. The van der Waals surface area contributed by atoms with Crippen LogP contribution in [0.3, 0.4) is 0 Å². The van der Waals surface area contributed by atoms with Gasteiger partial charge in [-0.15, -0.1) is 0 Å². The van der Waals surface area contributed by atoms with E-state index >= 15 is 0 Å². The van der Waals surface area contributed by atoms with Gasteiger partial charge in [0, 0.05) is 12.1 Å². The largest absolute Gasteiger partial charge is 0.444 e. The normalized spacial score (nSPS) is 22.0. The zero-order valence-corrected chi connectivity index (χ0v) is 14.8. The topological polar surface area (TPSA) is 76.1 Å². The average Bonchev–Trinajstić information content (AvgIpc) is 2.41. The van der Waals surface area contributed by atoms with Crippen molar-refractivity contribution < 1.29 is 9.53 Å². The van der Waals surface area contributed by atoms with Gasteiger partial charge in [0.05, 0.1) is 12.4 Å². The molecule has 22 heavy (non-hydrogen) atoms. The first-order valence-corrected chi connectivity index (χ1v) is 8.35. The van der Waals surface area contributed by atoms with Crippen molar-refractivity contribution in [3.8, 4) is 0 Å². The summed E-state index contributed by atoms with van der Waals surface area (Å²) in [7, 11) is 0. The second-order valence-corrected chi connectivity index (χ2v) is 7.38. The highest BCUT2D eigenvalue weighted by Gasteiger charge is 2.24. The lowest BCUT2D eigenvalue weighted by molar-refractivity contribution is 0.0492. The Kier molecular flexibility index (Phi) is 5.61. The van der Waals surface area contributed by atoms with E-state index in [2.05, 4.69) is 36.5 Å². The van der Waals surface area contributed by atoms with Gasteiger partial charge in [0.15, 0.2) is 0 Å². The second kappa shape index (κ2) is 7.26. The molecule has 2 rings (SSSR count). The van der Waals surface area contributed by atoms with E-state index < -0.39 is 5.60 Å². The fourth-order valence-corrected chi connectivity index (χ4v) is 2.66. The van der Waals surface area contributed by atoms with Gasteiger partial charge in [-0.3, -0.25) is 0 Å². The van der Waals surface area contributed by atoms with Crippen LogP contribution in [0.5, 0.6) is 0 Å². The Hall–Kier alpha value is -1.37. The van der Waals surface area contributed by atoms with Crippen LogP contribution in [-0.4, -0.2) is 33.7 Å². The molecule has 1 amide bonds. The van der Waals surface area contributed by atoms with Crippen LogP contribution in [-0.2, 0) is 4.74 Å². The number of carbonyl (C=O) groups is 1. The minimum Gasteiger partial charge on any atom is -0.444 e. The number of aromatic nitrogens is 2. The van der Waals surface area contributed by atoms with Gasteiger partial charge in [-0.1, -0.05) is 0 Å². The Morgan fingerprint density at radius 3 is 2.36 bits per heavy atom. The highest BCUT2D eigenvalue weighted by atomic mass is 79.9. The van der Waals surface area contributed by atoms with E-state index in [1.165, 1.54) is 0 Å². The number of hydrogen-bond donors (Lipinski definition) is 2. The molecule has 0 saturated heterocycles. The number of halogens is 1. The summed E-state index contributed by atoms with van der Waals surface area (Å²) >= 11 is 3.27. The molecule has 0 aliphatic heterocycles. The number of amides is 1. The van der Waals surface area contributed by atoms with Gasteiger partial charge < -0.3 is 15.4 Å². The molecule has 0 aromatic carbocycles. The van der Waals surface area contributed by atoms with Crippen molar-refractivity contribution in [2.45, 2.75) is 64.1 Å². The predicted octanol–water partition coefficient (Wildman–Crippen LogP) is 3.49. The zero-order valence-electron chi connectivity index (χ0n) is 13.2. The first-order chi connectivity index (χ1) is 10.3. The van der Waals surface area contributed by atoms with Crippen molar-refractivity contribution in [3.63, 3.8) is 0 Å². The minimum atomic E-state index is -0.455. The van der Waals surface area contributed by atoms with Gasteiger partial charge in [-0.2, -0.15) is 0 Å². The fraction of sp³-hybridized carbons (Fsp3) is 0.667. The molecule has 1 aromatic rings. The summed E-state index contributed by atoms with van der Waals surface area (Å²) in [5.41, 5.74) is -0.455. The maximum atomic E-state index is 11.8. The number of carbonyl (C=O) groups excluding carboxylic acids is 1. The summed E-state index contributed by atoms with van der Waals surface area (Å²) in [6.07, 6.45) is 6.90. The average molecular weight is 371 g/mol. The molecular weight excluding hydrogens is 348 g/mol. The van der Waals surface area contributed by atoms with Gasteiger partial charge in [0.25, 0.3) is 0 Å². The Morgan fingerprint density at radius 1 is 1.18 bits per heavy atom. The number of nitrogens with zero attached hydrogens (tertiary/aromatic N) is 2. The Bertz CT molecular complexity index is 493. The molecular formula is C15H23BrN4O2. The number of hydrogen-bond acceptors (Lipinski definition) is 5. The summed E-state index contributed by atoms with van der Waals surface area (Å²) in [5, 5.41) is 6.33. The first kappa shape index (κ1) is 17.0. The Balaban J connectivity index is 1.73. The molecule has 0 unspecified atom stereocenters. The lowest BCUT2D eigenvalue weighted by atomic mass is 9.91. The van der Waals surface area contributed by atoms with Crippen LogP contribution in [0.15, 0.2) is 17.0 Å². The summed E-state index contributed by atoms with van der Waals surface area (Å²) in [6, 6.07) is 0.552. The molecule has 1 aliphatic carbocycles. The van der Waals surface area contributed by atoms with Crippen LogP contribution in [0.2, 0.25) is 0 Å². The van der Waals surface area contributed by atoms with Crippen LogP contribution in [0.4, 0.5) is 10.6 Å². The zero-order chi connectivity index (χ0) is 16.2. The summed E-state index contributed by atoms with van der Waals surface area (Å²) in [6.45, 7) is 5.60. The lowest BCUT2D eigenvalue weighted by Crippen LogP contribution is -2.42. The quantitative estimate of drug-likeness (QED) is 0.851. The molecule has 6 nitrogen and oxygen atoms in total. The van der Waals surface area contributed by atoms with Crippen LogP contribution in [0.25, 0.3) is 0 Å². The number of alkyl carbamates (subject to hydrolysis) is 1. The van der Waals surface area contributed by atoms with Crippen LogP contribution >= 0.6 is 15.9 Å². The smallest absolute Gasteiger partial charge is 0.407 e. The SMILES string of the molecule is CC(C)(C)OC(=O)N[C@H]1CC[C@H](Nc2cnc(Br)cn2)CC1. The fourth-order valence-electron chi connectivity index (χ4n) is 2.45. The van der Waals surface area contributed by atoms with Crippen molar-refractivity contribution in [2.75, 3.05) is 5.32 Å². The molecule has 1 fully saturated rings. The van der Waals surface area contributed by atoms with Crippen molar-refractivity contribution in [2.24, 2.45) is 0 Å². The maximum absolute atomic E-state index is 11.8. The summed E-state index contributed by atoms with van der Waals surface area (Å²) in [5.74, 6) is 0.784. The first-order valence-electron chi connectivity index (χ1n) is 7.55. The van der Waals surface area contributed by atoms with E-state index in [1.807, 2.05) is 20.8 Å². The third kappa shape index (κ3) is 5.79. The van der Waals surface area contributed by atoms with Gasteiger partial charge in [0.1, 0.15) is 16.0 Å². The van der Waals surface area contributed by atoms with Gasteiger partial charge >= 0.3 is 6.09 Å². The third-order valence-corrected chi connectivity index (χ3v) is 3.83. The van der Waals surface area contributed by atoms with Crippen molar-refractivity contribution in [1.29, 1.82) is 0 Å². The van der Waals surface area contributed by atoms with Gasteiger partial charge in [-0.25, -0.2) is 14.8 Å². The molecule has 1 heterocycles. The van der Waals surface area contributed by atoms with Crippen LogP contribution < -0.4 is 10.6 Å². The molecule has 2 N–H and O–H groups in total. The van der Waals surface area contributed by atoms with E-state index in [1.54, 1.807) is 12.4 Å². The highest BCUT2D eigenvalue weighted by Crippen LogP contribution is 2.22. The summed E-state index contributed by atoms with van der Waals surface area (Å²) in [4.78, 5) is 20.2. The Labute approximate surface area is 139 Å². The van der Waals surface area contributed by atoms with E-state index in [0.29, 0.717) is 6.04 Å². The lowest BCUT2D eigenvalue weighted by Gasteiger charge is -2.30. The molecule has 1 aromatic heterocycles. The maximum Gasteiger partial charge on any atom is 0.407 e. The van der Waals surface area contributed by atoms with Crippen LogP contribution in [0.1, 0.15) is 46.5 Å². The van der Waals surface area contributed by atoms with E-state index in [9.17, 15) is 4.79 Å². The van der Waals surface area contributed by atoms with E-state index in [0.717, 1.165) is 36.1 Å². The molecule has 122 valence electrons. The molecule has 0 spiro atoms. The standard InChI is InChI=1S/C15H23BrN4O2/c1-15(2,3)22-14(21)20-11-6-4-10(5-7-11)19-13-9-17-12(16)8-18-13/h8-11H,4-7H2,1-3H3,(H,18,19)(H,20,21)/t10-,11-. The molecule has 1 aliphatic rings. The van der Waals surface area contributed by atoms with Crippen molar-refractivity contribution >= 4 is 27.8 Å². The number of rotatable bonds is 3. The van der Waals surface area contributed by atoms with E-state index in [-0.39, 0.29) is 12.1 Å². The molecule has 0 radical (unpaired) electrons. The Morgan fingerprint density at radius 2 is 1.82 bits per heavy atom. The van der Waals surface area contributed by atoms with Crippen molar-refractivity contribution in [3.05, 3.63) is 17.0 Å². The minimum absolute atomic E-state index is 0.184. The molecule has 7 heteroatoms.